The van der Waals surface area contributed by atoms with Crippen molar-refractivity contribution in [3.8, 4) is 5.75 Å². The standard InChI is InChI=1S/C25H27N3O3/c1-16-5-3-6-17(13-16)26-23(30)24-11-9-20-22(29)27-12-10-18-19(7-4-8-21(18)31-2)25(27,14-24)15-28(20)24/h3-8,13,20H,9-12,14-15H2,1-2H3,(H,26,30). The molecule has 0 aromatic heterocycles. The number of rotatable bonds is 3. The number of nitrogens with one attached hydrogen (secondary N) is 1. The topological polar surface area (TPSA) is 61.9 Å². The van der Waals surface area contributed by atoms with Gasteiger partial charge < -0.3 is 15.0 Å². The van der Waals surface area contributed by atoms with Crippen LogP contribution in [0.2, 0.25) is 0 Å². The fourth-order valence-electron chi connectivity index (χ4n) is 6.69. The number of benzene rings is 2. The van der Waals surface area contributed by atoms with E-state index >= 15 is 0 Å². The Bertz CT molecular complexity index is 1110. The number of methoxy groups -OCH3 is 1. The highest BCUT2D eigenvalue weighted by molar-refractivity contribution is 6.01. The SMILES string of the molecule is COc1cccc2c1CCN1C(=O)C3CCC4(C(=O)Nc5cccc(C)c5)CC21CN34. The molecule has 3 saturated heterocycles. The summed E-state index contributed by atoms with van der Waals surface area (Å²) >= 11 is 0. The van der Waals surface area contributed by atoms with Gasteiger partial charge in [0.1, 0.15) is 11.3 Å². The Kier molecular flexibility index (Phi) is 3.85. The van der Waals surface area contributed by atoms with Crippen molar-refractivity contribution >= 4 is 17.5 Å². The van der Waals surface area contributed by atoms with Crippen molar-refractivity contribution in [3.63, 3.8) is 0 Å². The Labute approximate surface area is 182 Å². The number of hydrogen-bond donors (Lipinski definition) is 1. The molecule has 0 aliphatic carbocycles. The molecule has 6 heteroatoms. The summed E-state index contributed by atoms with van der Waals surface area (Å²) in [4.78, 5) is 31.6. The van der Waals surface area contributed by atoms with Crippen molar-refractivity contribution in [1.29, 1.82) is 0 Å². The molecule has 0 saturated carbocycles. The molecule has 4 aliphatic heterocycles. The Morgan fingerprint density at radius 2 is 2.06 bits per heavy atom. The van der Waals surface area contributed by atoms with Crippen molar-refractivity contribution in [2.75, 3.05) is 25.5 Å². The van der Waals surface area contributed by atoms with Crippen LogP contribution in [-0.2, 0) is 21.5 Å². The number of piperazine rings is 1. The van der Waals surface area contributed by atoms with Gasteiger partial charge in [0.2, 0.25) is 11.8 Å². The maximum Gasteiger partial charge on any atom is 0.245 e. The van der Waals surface area contributed by atoms with Gasteiger partial charge in [-0.05, 0) is 55.5 Å². The molecule has 3 fully saturated rings. The highest BCUT2D eigenvalue weighted by atomic mass is 16.5. The zero-order valence-corrected chi connectivity index (χ0v) is 18.0. The molecule has 1 spiro atoms. The van der Waals surface area contributed by atoms with Gasteiger partial charge in [-0.3, -0.25) is 14.5 Å². The second-order valence-corrected chi connectivity index (χ2v) is 9.47. The first-order valence-corrected chi connectivity index (χ1v) is 11.1. The molecule has 2 bridgehead atoms. The molecule has 2 amide bonds. The molecule has 160 valence electrons. The number of hydrogen-bond acceptors (Lipinski definition) is 4. The minimum atomic E-state index is -0.656. The maximum absolute atomic E-state index is 13.8. The van der Waals surface area contributed by atoms with Gasteiger partial charge in [0, 0.05) is 30.8 Å². The summed E-state index contributed by atoms with van der Waals surface area (Å²) in [5.41, 5.74) is 3.15. The van der Waals surface area contributed by atoms with Crippen molar-refractivity contribution in [1.82, 2.24) is 9.80 Å². The van der Waals surface area contributed by atoms with E-state index in [1.165, 1.54) is 5.56 Å². The molecule has 0 radical (unpaired) electrons. The monoisotopic (exact) mass is 417 g/mol. The smallest absolute Gasteiger partial charge is 0.245 e. The lowest BCUT2D eigenvalue weighted by Gasteiger charge is -2.50. The van der Waals surface area contributed by atoms with Gasteiger partial charge in [-0.2, -0.15) is 0 Å². The van der Waals surface area contributed by atoms with Crippen LogP contribution in [0.1, 0.15) is 36.0 Å². The normalized spacial score (nSPS) is 30.7. The second kappa shape index (κ2) is 6.33. The van der Waals surface area contributed by atoms with E-state index in [0.717, 1.165) is 41.8 Å². The van der Waals surface area contributed by atoms with Crippen molar-refractivity contribution in [2.24, 2.45) is 0 Å². The first-order chi connectivity index (χ1) is 15.0. The van der Waals surface area contributed by atoms with Crippen molar-refractivity contribution in [3.05, 3.63) is 59.2 Å². The zero-order valence-electron chi connectivity index (χ0n) is 18.0. The predicted octanol–water partition coefficient (Wildman–Crippen LogP) is 2.84. The molecular weight excluding hydrogens is 390 g/mol. The first-order valence-electron chi connectivity index (χ1n) is 11.1. The van der Waals surface area contributed by atoms with Crippen LogP contribution in [0.4, 0.5) is 5.69 Å². The average molecular weight is 418 g/mol. The molecule has 6 nitrogen and oxygen atoms in total. The predicted molar refractivity (Wildman–Crippen MR) is 117 cm³/mol. The van der Waals surface area contributed by atoms with Crippen LogP contribution in [0.3, 0.4) is 0 Å². The third-order valence-electron chi connectivity index (χ3n) is 7.98. The molecular formula is C25H27N3O3. The maximum atomic E-state index is 13.8. The molecule has 2 aromatic rings. The molecule has 3 atom stereocenters. The number of nitrogens with zero attached hydrogens (tertiary/aromatic N) is 2. The molecule has 2 aromatic carbocycles. The summed E-state index contributed by atoms with van der Waals surface area (Å²) in [6, 6.07) is 13.9. The third-order valence-corrected chi connectivity index (χ3v) is 7.98. The van der Waals surface area contributed by atoms with E-state index in [1.54, 1.807) is 7.11 Å². The largest absolute Gasteiger partial charge is 0.496 e. The van der Waals surface area contributed by atoms with Crippen LogP contribution >= 0.6 is 0 Å². The van der Waals surface area contributed by atoms with E-state index < -0.39 is 11.1 Å². The fourth-order valence-corrected chi connectivity index (χ4v) is 6.69. The van der Waals surface area contributed by atoms with Gasteiger partial charge in [-0.1, -0.05) is 24.3 Å². The number of fused-ring (bicyclic) bond motifs is 1. The minimum absolute atomic E-state index is 0.0159. The van der Waals surface area contributed by atoms with Crippen LogP contribution in [0.25, 0.3) is 0 Å². The molecule has 4 heterocycles. The van der Waals surface area contributed by atoms with Crippen LogP contribution < -0.4 is 10.1 Å². The third kappa shape index (κ3) is 2.37. The number of aryl methyl sites for hydroxylation is 1. The Balaban J connectivity index is 1.44. The summed E-state index contributed by atoms with van der Waals surface area (Å²) in [6.07, 6.45) is 2.90. The van der Waals surface area contributed by atoms with E-state index in [0.29, 0.717) is 19.5 Å². The lowest BCUT2D eigenvalue weighted by atomic mass is 9.73. The van der Waals surface area contributed by atoms with Gasteiger partial charge >= 0.3 is 0 Å². The molecule has 3 unspecified atom stereocenters. The fraction of sp³-hybridized carbons (Fsp3) is 0.440. The van der Waals surface area contributed by atoms with E-state index in [-0.39, 0.29) is 17.9 Å². The van der Waals surface area contributed by atoms with Crippen LogP contribution in [-0.4, -0.2) is 53.4 Å². The highest BCUT2D eigenvalue weighted by Crippen LogP contribution is 2.59. The molecule has 6 rings (SSSR count). The Morgan fingerprint density at radius 3 is 2.87 bits per heavy atom. The van der Waals surface area contributed by atoms with Crippen molar-refractivity contribution in [2.45, 2.75) is 49.7 Å². The van der Waals surface area contributed by atoms with Gasteiger partial charge in [-0.15, -0.1) is 0 Å². The first kappa shape index (κ1) is 18.9. The van der Waals surface area contributed by atoms with E-state index in [1.807, 2.05) is 43.3 Å². The lowest BCUT2D eigenvalue weighted by Crippen LogP contribution is -2.63. The second-order valence-electron chi connectivity index (χ2n) is 9.47. The van der Waals surface area contributed by atoms with Crippen molar-refractivity contribution < 1.29 is 14.3 Å². The number of carbonyl (C=O) groups is 2. The lowest BCUT2D eigenvalue weighted by molar-refractivity contribution is -0.149. The number of ether oxygens (including phenoxy) is 1. The quantitative estimate of drug-likeness (QED) is 0.834. The van der Waals surface area contributed by atoms with Gasteiger partial charge in [-0.25, -0.2) is 0 Å². The average Bonchev–Trinajstić information content (AvgIpc) is 3.26. The Hall–Kier alpha value is -2.86. The van der Waals surface area contributed by atoms with Crippen LogP contribution in [0, 0.1) is 6.92 Å². The summed E-state index contributed by atoms with van der Waals surface area (Å²) in [5.74, 6) is 1.08. The van der Waals surface area contributed by atoms with E-state index in [9.17, 15) is 9.59 Å². The zero-order chi connectivity index (χ0) is 21.4. The molecule has 4 aliphatic rings. The van der Waals surface area contributed by atoms with E-state index in [4.69, 9.17) is 4.74 Å². The van der Waals surface area contributed by atoms with E-state index in [2.05, 4.69) is 21.2 Å². The number of amides is 2. The number of anilines is 1. The van der Waals surface area contributed by atoms with Gasteiger partial charge in [0.15, 0.2) is 0 Å². The van der Waals surface area contributed by atoms with Gasteiger partial charge in [0.05, 0.1) is 18.7 Å². The van der Waals surface area contributed by atoms with Gasteiger partial charge in [0.25, 0.3) is 0 Å². The van der Waals surface area contributed by atoms with Crippen LogP contribution in [0.15, 0.2) is 42.5 Å². The highest BCUT2D eigenvalue weighted by Gasteiger charge is 2.70. The molecule has 31 heavy (non-hydrogen) atoms. The summed E-state index contributed by atoms with van der Waals surface area (Å²) in [6.45, 7) is 3.42. The van der Waals surface area contributed by atoms with Crippen LogP contribution in [0.5, 0.6) is 5.75 Å². The Morgan fingerprint density at radius 1 is 1.23 bits per heavy atom. The summed E-state index contributed by atoms with van der Waals surface area (Å²) in [5, 5.41) is 3.17. The number of carbonyl (C=O) groups excluding carboxylic acids is 2. The summed E-state index contributed by atoms with van der Waals surface area (Å²) < 4.78 is 5.65. The molecule has 1 N–H and O–H groups in total. The minimum Gasteiger partial charge on any atom is -0.496 e. The summed E-state index contributed by atoms with van der Waals surface area (Å²) in [7, 11) is 1.70.